The Kier molecular flexibility index (Phi) is 5.58. The maximum absolute atomic E-state index is 11.2. The first kappa shape index (κ1) is 12.7. The van der Waals surface area contributed by atoms with Crippen LogP contribution in [0.5, 0.6) is 0 Å². The Hall–Kier alpha value is -1.34. The second-order valence-corrected chi connectivity index (χ2v) is 2.80. The fourth-order valence-electron chi connectivity index (χ4n) is 0.809. The number of hydrogen-bond acceptors (Lipinski definition) is 4. The topological polar surface area (TPSA) is 59.3 Å². The Morgan fingerprint density at radius 3 is 2.57 bits per heavy atom. The Balaban J connectivity index is 4.13. The van der Waals surface area contributed by atoms with Crippen LogP contribution in [0.3, 0.4) is 0 Å². The van der Waals surface area contributed by atoms with Gasteiger partial charge in [0, 0.05) is 0 Å². The molecule has 0 aromatic rings. The zero-order valence-corrected chi connectivity index (χ0v) is 8.74. The molecular weight excluding hydrogens is 182 g/mol. The highest BCUT2D eigenvalue weighted by Crippen LogP contribution is 2.08. The van der Waals surface area contributed by atoms with E-state index in [0.29, 0.717) is 6.61 Å². The molecule has 0 fully saturated rings. The summed E-state index contributed by atoms with van der Waals surface area (Å²) in [5.74, 6) is -0.481. The van der Waals surface area contributed by atoms with Crippen LogP contribution in [0.4, 0.5) is 0 Å². The number of esters is 1. The standard InChI is InChI=1S/C10H15NO3/c1-5-13-10(12)8(3)9(4)14-7(2)6-11/h7,9H,3,5H2,1-2,4H3. The molecule has 4 nitrogen and oxygen atoms in total. The van der Waals surface area contributed by atoms with E-state index in [9.17, 15) is 4.79 Å². The highest BCUT2D eigenvalue weighted by atomic mass is 16.5. The van der Waals surface area contributed by atoms with Crippen LogP contribution in [-0.4, -0.2) is 24.8 Å². The SMILES string of the molecule is C=C(C(=O)OCC)C(C)OC(C)C#N. The van der Waals surface area contributed by atoms with Crippen LogP contribution >= 0.6 is 0 Å². The molecule has 0 N–H and O–H groups in total. The van der Waals surface area contributed by atoms with Crippen LogP contribution in [0.25, 0.3) is 0 Å². The normalized spacial score (nSPS) is 13.9. The maximum atomic E-state index is 11.2. The van der Waals surface area contributed by atoms with Crippen LogP contribution in [0, 0.1) is 11.3 Å². The maximum Gasteiger partial charge on any atom is 0.336 e. The summed E-state index contributed by atoms with van der Waals surface area (Å²) < 4.78 is 9.91. The third kappa shape index (κ3) is 4.06. The number of nitrogens with zero attached hydrogens (tertiary/aromatic N) is 1. The van der Waals surface area contributed by atoms with Crippen molar-refractivity contribution in [3.8, 4) is 6.07 Å². The van der Waals surface area contributed by atoms with E-state index >= 15 is 0 Å². The molecule has 2 atom stereocenters. The third-order valence-corrected chi connectivity index (χ3v) is 1.62. The first-order valence-electron chi connectivity index (χ1n) is 4.43. The minimum absolute atomic E-state index is 0.231. The lowest BCUT2D eigenvalue weighted by molar-refractivity contribution is -0.140. The van der Waals surface area contributed by atoms with Gasteiger partial charge in [-0.2, -0.15) is 5.26 Å². The van der Waals surface area contributed by atoms with Gasteiger partial charge in [0.1, 0.15) is 6.10 Å². The highest BCUT2D eigenvalue weighted by molar-refractivity contribution is 5.88. The van der Waals surface area contributed by atoms with Crippen molar-refractivity contribution in [2.24, 2.45) is 0 Å². The van der Waals surface area contributed by atoms with Crippen LogP contribution in [0.2, 0.25) is 0 Å². The van der Waals surface area contributed by atoms with Crippen LogP contribution in [0.1, 0.15) is 20.8 Å². The minimum Gasteiger partial charge on any atom is -0.463 e. The van der Waals surface area contributed by atoms with Crippen molar-refractivity contribution < 1.29 is 14.3 Å². The number of carbonyl (C=O) groups is 1. The van der Waals surface area contributed by atoms with Crippen molar-refractivity contribution in [1.29, 1.82) is 5.26 Å². The molecule has 0 aliphatic carbocycles. The molecule has 0 spiro atoms. The molecule has 0 radical (unpaired) electrons. The second kappa shape index (κ2) is 6.17. The lowest BCUT2D eigenvalue weighted by Crippen LogP contribution is -2.23. The molecule has 0 aliphatic heterocycles. The van der Waals surface area contributed by atoms with Gasteiger partial charge < -0.3 is 9.47 Å². The number of nitriles is 1. The Labute approximate surface area is 84.1 Å². The molecular formula is C10H15NO3. The summed E-state index contributed by atoms with van der Waals surface area (Å²) in [6.45, 7) is 8.84. The predicted molar refractivity (Wildman–Crippen MR) is 51.4 cm³/mol. The van der Waals surface area contributed by atoms with Crippen molar-refractivity contribution in [3.63, 3.8) is 0 Å². The van der Waals surface area contributed by atoms with E-state index in [4.69, 9.17) is 14.7 Å². The smallest absolute Gasteiger partial charge is 0.336 e. The van der Waals surface area contributed by atoms with E-state index in [-0.39, 0.29) is 5.57 Å². The van der Waals surface area contributed by atoms with Gasteiger partial charge in [0.25, 0.3) is 0 Å². The molecule has 0 amide bonds. The Morgan fingerprint density at radius 1 is 1.57 bits per heavy atom. The van der Waals surface area contributed by atoms with E-state index in [1.165, 1.54) is 0 Å². The van der Waals surface area contributed by atoms with Gasteiger partial charge in [-0.05, 0) is 20.8 Å². The summed E-state index contributed by atoms with van der Waals surface area (Å²) in [6.07, 6.45) is -1.06. The first-order chi connectivity index (χ1) is 6.52. The van der Waals surface area contributed by atoms with Crippen molar-refractivity contribution in [3.05, 3.63) is 12.2 Å². The third-order valence-electron chi connectivity index (χ3n) is 1.62. The number of ether oxygens (including phenoxy) is 2. The van der Waals surface area contributed by atoms with Gasteiger partial charge >= 0.3 is 5.97 Å². The van der Waals surface area contributed by atoms with Crippen LogP contribution in [0.15, 0.2) is 12.2 Å². The lowest BCUT2D eigenvalue weighted by atomic mass is 10.2. The minimum atomic E-state index is -0.559. The number of rotatable bonds is 5. The number of hydrogen-bond donors (Lipinski definition) is 0. The molecule has 0 aromatic heterocycles. The van der Waals surface area contributed by atoms with Crippen molar-refractivity contribution in [2.75, 3.05) is 6.61 Å². The van der Waals surface area contributed by atoms with Crippen molar-refractivity contribution >= 4 is 5.97 Å². The second-order valence-electron chi connectivity index (χ2n) is 2.80. The van der Waals surface area contributed by atoms with Gasteiger partial charge in [0.2, 0.25) is 0 Å². The molecule has 0 saturated heterocycles. The zero-order chi connectivity index (χ0) is 11.1. The van der Waals surface area contributed by atoms with E-state index in [1.54, 1.807) is 20.8 Å². The summed E-state index contributed by atoms with van der Waals surface area (Å²) in [4.78, 5) is 11.2. The quantitative estimate of drug-likeness (QED) is 0.494. The molecule has 0 bridgehead atoms. The number of carbonyl (C=O) groups excluding carboxylic acids is 1. The molecule has 0 aliphatic rings. The average Bonchev–Trinajstić information content (AvgIpc) is 2.16. The fraction of sp³-hybridized carbons (Fsp3) is 0.600. The van der Waals surface area contributed by atoms with E-state index in [1.807, 2.05) is 6.07 Å². The van der Waals surface area contributed by atoms with Crippen molar-refractivity contribution in [2.45, 2.75) is 33.0 Å². The van der Waals surface area contributed by atoms with Crippen molar-refractivity contribution in [1.82, 2.24) is 0 Å². The van der Waals surface area contributed by atoms with E-state index in [2.05, 4.69) is 6.58 Å². The molecule has 0 aromatic carbocycles. The van der Waals surface area contributed by atoms with Gasteiger partial charge in [0.15, 0.2) is 0 Å². The summed E-state index contributed by atoms with van der Waals surface area (Å²) in [7, 11) is 0. The molecule has 0 heterocycles. The monoisotopic (exact) mass is 197 g/mol. The van der Waals surface area contributed by atoms with Gasteiger partial charge in [-0.3, -0.25) is 0 Å². The van der Waals surface area contributed by atoms with Crippen LogP contribution < -0.4 is 0 Å². The van der Waals surface area contributed by atoms with Gasteiger partial charge in [-0.25, -0.2) is 4.79 Å². The summed E-state index contributed by atoms with van der Waals surface area (Å²) in [6, 6.07) is 1.91. The average molecular weight is 197 g/mol. The molecule has 4 heteroatoms. The molecule has 14 heavy (non-hydrogen) atoms. The summed E-state index contributed by atoms with van der Waals surface area (Å²) in [5.41, 5.74) is 0.231. The zero-order valence-electron chi connectivity index (χ0n) is 8.74. The highest BCUT2D eigenvalue weighted by Gasteiger charge is 2.18. The van der Waals surface area contributed by atoms with Gasteiger partial charge in [-0.1, -0.05) is 6.58 Å². The fourth-order valence-corrected chi connectivity index (χ4v) is 0.809. The largest absolute Gasteiger partial charge is 0.463 e. The molecule has 2 unspecified atom stereocenters. The Bertz CT molecular complexity index is 255. The Morgan fingerprint density at radius 2 is 2.14 bits per heavy atom. The van der Waals surface area contributed by atoms with E-state index < -0.39 is 18.2 Å². The summed E-state index contributed by atoms with van der Waals surface area (Å²) in [5, 5.41) is 8.49. The molecule has 78 valence electrons. The first-order valence-corrected chi connectivity index (χ1v) is 4.43. The van der Waals surface area contributed by atoms with Crippen LogP contribution in [-0.2, 0) is 14.3 Å². The van der Waals surface area contributed by atoms with Gasteiger partial charge in [-0.15, -0.1) is 0 Å². The predicted octanol–water partition coefficient (Wildman–Crippen LogP) is 1.42. The molecule has 0 rings (SSSR count). The lowest BCUT2D eigenvalue weighted by Gasteiger charge is -2.15. The van der Waals surface area contributed by atoms with E-state index in [0.717, 1.165) is 0 Å². The summed E-state index contributed by atoms with van der Waals surface area (Å²) >= 11 is 0. The molecule has 0 saturated carbocycles. The van der Waals surface area contributed by atoms with Gasteiger partial charge in [0.05, 0.1) is 24.4 Å².